The zero-order chi connectivity index (χ0) is 10.7. The van der Waals surface area contributed by atoms with E-state index in [-0.39, 0.29) is 17.9 Å². The van der Waals surface area contributed by atoms with E-state index in [9.17, 15) is 9.59 Å². The van der Waals surface area contributed by atoms with Gasteiger partial charge in [0.1, 0.15) is 5.69 Å². The highest BCUT2D eigenvalue weighted by Gasteiger charge is 2.07. The van der Waals surface area contributed by atoms with E-state index in [0.717, 1.165) is 0 Å². The molecule has 3 N–H and O–H groups in total. The zero-order valence-corrected chi connectivity index (χ0v) is 7.65. The summed E-state index contributed by atoms with van der Waals surface area (Å²) < 4.78 is 0. The highest BCUT2D eigenvalue weighted by atomic mass is 16.4. The molecule has 0 aliphatic rings. The number of aromatic nitrogens is 1. The van der Waals surface area contributed by atoms with Crippen LogP contribution in [0.1, 0.15) is 23.1 Å². The molecule has 0 aliphatic heterocycles. The number of hydrogen-bond acceptors (Lipinski definition) is 4. The molecule has 1 aromatic rings. The van der Waals surface area contributed by atoms with Gasteiger partial charge in [-0.3, -0.25) is 9.59 Å². The maximum absolute atomic E-state index is 11.0. The smallest absolute Gasteiger partial charge is 0.309 e. The Morgan fingerprint density at radius 1 is 1.50 bits per heavy atom. The average molecular weight is 194 g/mol. The van der Waals surface area contributed by atoms with Crippen LogP contribution < -0.4 is 5.73 Å². The average Bonchev–Trinajstić information content (AvgIpc) is 2.01. The Morgan fingerprint density at radius 3 is 2.64 bits per heavy atom. The predicted octanol–water partition coefficient (Wildman–Crippen LogP) is 0.494. The fourth-order valence-corrected chi connectivity index (χ4v) is 1.04. The number of ketones is 1. The summed E-state index contributed by atoms with van der Waals surface area (Å²) in [4.78, 5) is 25.2. The number of Topliss-reactive ketones (excluding diaryl/α,β-unsaturated/α-hetero) is 1. The van der Waals surface area contributed by atoms with Crippen LogP contribution in [0.15, 0.2) is 12.1 Å². The van der Waals surface area contributed by atoms with E-state index in [1.807, 2.05) is 0 Å². The van der Waals surface area contributed by atoms with E-state index in [0.29, 0.717) is 11.4 Å². The van der Waals surface area contributed by atoms with Crippen LogP contribution in [0.25, 0.3) is 0 Å². The molecule has 0 atom stereocenters. The lowest BCUT2D eigenvalue weighted by molar-refractivity contribution is -0.136. The summed E-state index contributed by atoms with van der Waals surface area (Å²) in [6, 6.07) is 2.87. The van der Waals surface area contributed by atoms with E-state index in [2.05, 4.69) is 4.98 Å². The molecule has 0 aliphatic carbocycles. The van der Waals surface area contributed by atoms with Crippen LogP contribution in [0, 0.1) is 0 Å². The summed E-state index contributed by atoms with van der Waals surface area (Å²) in [5.74, 6) is -1.23. The van der Waals surface area contributed by atoms with Crippen molar-refractivity contribution in [3.8, 4) is 0 Å². The number of anilines is 1. The molecular formula is C9H10N2O3. The third kappa shape index (κ3) is 2.55. The number of aliphatic carboxylic acids is 1. The van der Waals surface area contributed by atoms with Crippen molar-refractivity contribution in [2.24, 2.45) is 0 Å². The first-order valence-corrected chi connectivity index (χ1v) is 3.98. The van der Waals surface area contributed by atoms with E-state index in [1.165, 1.54) is 19.1 Å². The number of rotatable bonds is 3. The van der Waals surface area contributed by atoms with Crippen molar-refractivity contribution >= 4 is 17.4 Å². The molecule has 1 rings (SSSR count). The number of carboxylic acids is 1. The van der Waals surface area contributed by atoms with Crippen LogP contribution in [0.3, 0.4) is 0 Å². The van der Waals surface area contributed by atoms with Gasteiger partial charge in [-0.05, 0) is 12.1 Å². The molecule has 14 heavy (non-hydrogen) atoms. The second-order valence-corrected chi connectivity index (χ2v) is 2.90. The van der Waals surface area contributed by atoms with E-state index >= 15 is 0 Å². The van der Waals surface area contributed by atoms with Crippen molar-refractivity contribution in [2.75, 3.05) is 5.73 Å². The van der Waals surface area contributed by atoms with Gasteiger partial charge < -0.3 is 10.8 Å². The SMILES string of the molecule is CC(=O)c1cc(N)cc(CC(=O)O)n1. The number of carboxylic acid groups (broad SMARTS) is 1. The fourth-order valence-electron chi connectivity index (χ4n) is 1.04. The van der Waals surface area contributed by atoms with E-state index < -0.39 is 5.97 Å². The summed E-state index contributed by atoms with van der Waals surface area (Å²) in [6.45, 7) is 1.35. The topological polar surface area (TPSA) is 93.3 Å². The molecule has 0 spiro atoms. The Balaban J connectivity index is 3.07. The van der Waals surface area contributed by atoms with Crippen LogP contribution in [0.4, 0.5) is 5.69 Å². The third-order valence-electron chi connectivity index (χ3n) is 1.59. The molecule has 0 fully saturated rings. The van der Waals surface area contributed by atoms with Gasteiger partial charge in [0.25, 0.3) is 0 Å². The Morgan fingerprint density at radius 2 is 2.14 bits per heavy atom. The first-order valence-electron chi connectivity index (χ1n) is 3.98. The van der Waals surface area contributed by atoms with Gasteiger partial charge in [-0.2, -0.15) is 0 Å². The van der Waals surface area contributed by atoms with Gasteiger partial charge in [0.2, 0.25) is 0 Å². The first kappa shape index (κ1) is 10.2. The van der Waals surface area contributed by atoms with Crippen molar-refractivity contribution in [3.63, 3.8) is 0 Å². The van der Waals surface area contributed by atoms with Crippen molar-refractivity contribution in [2.45, 2.75) is 13.3 Å². The molecule has 1 heterocycles. The highest BCUT2D eigenvalue weighted by Crippen LogP contribution is 2.09. The minimum Gasteiger partial charge on any atom is -0.481 e. The molecule has 0 aromatic carbocycles. The number of carbonyl (C=O) groups excluding carboxylic acids is 1. The summed E-state index contributed by atoms with van der Waals surface area (Å²) in [5.41, 5.74) is 6.33. The molecule has 0 radical (unpaired) electrons. The van der Waals surface area contributed by atoms with Gasteiger partial charge in [-0.1, -0.05) is 0 Å². The standard InChI is InChI=1S/C9H10N2O3/c1-5(12)8-3-6(10)2-7(11-8)4-9(13)14/h2-3H,4H2,1H3,(H2,10,11)(H,13,14). The van der Waals surface area contributed by atoms with Crippen LogP contribution in [-0.4, -0.2) is 21.8 Å². The number of nitrogens with two attached hydrogens (primary N) is 1. The van der Waals surface area contributed by atoms with E-state index in [4.69, 9.17) is 10.8 Å². The lowest BCUT2D eigenvalue weighted by Crippen LogP contribution is -2.07. The normalized spacial score (nSPS) is 9.79. The van der Waals surface area contributed by atoms with E-state index in [1.54, 1.807) is 0 Å². The maximum Gasteiger partial charge on any atom is 0.309 e. The van der Waals surface area contributed by atoms with Crippen LogP contribution in [0.5, 0.6) is 0 Å². The van der Waals surface area contributed by atoms with Crippen LogP contribution in [0.2, 0.25) is 0 Å². The number of nitrogen functional groups attached to an aromatic ring is 1. The molecule has 74 valence electrons. The number of pyridine rings is 1. The zero-order valence-electron chi connectivity index (χ0n) is 7.65. The van der Waals surface area contributed by atoms with Crippen LogP contribution in [-0.2, 0) is 11.2 Å². The van der Waals surface area contributed by atoms with Gasteiger partial charge in [0, 0.05) is 12.6 Å². The minimum atomic E-state index is -1.00. The van der Waals surface area contributed by atoms with Crippen molar-refractivity contribution in [1.82, 2.24) is 4.98 Å². The molecular weight excluding hydrogens is 184 g/mol. The largest absolute Gasteiger partial charge is 0.481 e. The number of nitrogens with zero attached hydrogens (tertiary/aromatic N) is 1. The Bertz CT molecular complexity index is 388. The van der Waals surface area contributed by atoms with Gasteiger partial charge in [0.05, 0.1) is 12.1 Å². The molecule has 5 nitrogen and oxygen atoms in total. The summed E-state index contributed by atoms with van der Waals surface area (Å²) in [6.07, 6.45) is -0.231. The summed E-state index contributed by atoms with van der Waals surface area (Å²) in [5, 5.41) is 8.52. The lowest BCUT2D eigenvalue weighted by Gasteiger charge is -2.01. The maximum atomic E-state index is 11.0. The van der Waals surface area contributed by atoms with Gasteiger partial charge >= 0.3 is 5.97 Å². The van der Waals surface area contributed by atoms with Crippen LogP contribution >= 0.6 is 0 Å². The summed E-state index contributed by atoms with van der Waals surface area (Å²) >= 11 is 0. The Kier molecular flexibility index (Phi) is 2.81. The fraction of sp³-hybridized carbons (Fsp3) is 0.222. The predicted molar refractivity (Wildman–Crippen MR) is 50.0 cm³/mol. The molecule has 0 saturated heterocycles. The van der Waals surface area contributed by atoms with Gasteiger partial charge in [-0.25, -0.2) is 4.98 Å². The quantitative estimate of drug-likeness (QED) is 0.683. The molecule has 5 heteroatoms. The lowest BCUT2D eigenvalue weighted by atomic mass is 10.2. The van der Waals surface area contributed by atoms with Gasteiger partial charge in [0.15, 0.2) is 5.78 Å². The molecule has 0 saturated carbocycles. The Hall–Kier alpha value is -1.91. The molecule has 1 aromatic heterocycles. The van der Waals surface area contributed by atoms with Gasteiger partial charge in [-0.15, -0.1) is 0 Å². The second kappa shape index (κ2) is 3.87. The van der Waals surface area contributed by atoms with Crippen molar-refractivity contribution in [3.05, 3.63) is 23.5 Å². The Labute approximate surface area is 80.6 Å². The molecule has 0 unspecified atom stereocenters. The number of carbonyl (C=O) groups is 2. The minimum absolute atomic E-state index is 0.196. The number of hydrogen-bond donors (Lipinski definition) is 2. The monoisotopic (exact) mass is 194 g/mol. The van der Waals surface area contributed by atoms with Crippen molar-refractivity contribution in [1.29, 1.82) is 0 Å². The third-order valence-corrected chi connectivity index (χ3v) is 1.59. The summed E-state index contributed by atoms with van der Waals surface area (Å²) in [7, 11) is 0. The molecule has 0 bridgehead atoms. The molecule has 0 amide bonds. The highest BCUT2D eigenvalue weighted by molar-refractivity contribution is 5.93. The van der Waals surface area contributed by atoms with Crippen molar-refractivity contribution < 1.29 is 14.7 Å². The second-order valence-electron chi connectivity index (χ2n) is 2.90. The first-order chi connectivity index (χ1) is 6.49.